The van der Waals surface area contributed by atoms with Gasteiger partial charge in [-0.15, -0.1) is 0 Å². The molecule has 0 bridgehead atoms. The van der Waals surface area contributed by atoms with Crippen LogP contribution in [0, 0.1) is 0 Å². The molecule has 0 spiro atoms. The van der Waals surface area contributed by atoms with Gasteiger partial charge in [0, 0.05) is 32.1 Å². The van der Waals surface area contributed by atoms with Crippen molar-refractivity contribution in [1.82, 2.24) is 10.2 Å². The van der Waals surface area contributed by atoms with Crippen LogP contribution in [-0.2, 0) is 4.79 Å². The number of carbonyl (C=O) groups excluding carboxylic acids is 1. The Bertz CT molecular complexity index is 160. The minimum Gasteiger partial charge on any atom is -0.340 e. The van der Waals surface area contributed by atoms with E-state index >= 15 is 0 Å². The van der Waals surface area contributed by atoms with Crippen LogP contribution in [0.1, 0.15) is 13.3 Å². The van der Waals surface area contributed by atoms with E-state index in [0.717, 1.165) is 26.2 Å². The maximum atomic E-state index is 11.2. The summed E-state index contributed by atoms with van der Waals surface area (Å²) in [5.41, 5.74) is 5.64. The zero-order valence-electron chi connectivity index (χ0n) is 7.55. The molecule has 1 aliphatic heterocycles. The molecule has 0 aromatic carbocycles. The number of rotatable bonds is 4. The highest BCUT2D eigenvalue weighted by molar-refractivity contribution is 5.79. The fourth-order valence-electron chi connectivity index (χ4n) is 1.41. The van der Waals surface area contributed by atoms with E-state index in [0.29, 0.717) is 6.42 Å². The third-order valence-electron chi connectivity index (χ3n) is 2.05. The van der Waals surface area contributed by atoms with Crippen molar-refractivity contribution in [1.29, 1.82) is 0 Å². The first kappa shape index (κ1) is 9.48. The van der Waals surface area contributed by atoms with Gasteiger partial charge >= 0.3 is 0 Å². The van der Waals surface area contributed by atoms with Crippen molar-refractivity contribution < 1.29 is 4.79 Å². The highest BCUT2D eigenvalue weighted by Gasteiger charge is 2.25. The number of carbonyl (C=O) groups is 1. The Balaban J connectivity index is 2.19. The van der Waals surface area contributed by atoms with Crippen molar-refractivity contribution >= 4 is 5.91 Å². The normalized spacial score (nSPS) is 23.7. The first-order valence-corrected chi connectivity index (χ1v) is 4.48. The largest absolute Gasteiger partial charge is 0.340 e. The van der Waals surface area contributed by atoms with Gasteiger partial charge in [-0.3, -0.25) is 4.79 Å². The molecule has 70 valence electrons. The lowest BCUT2D eigenvalue weighted by atomic mass is 10.3. The Labute approximate surface area is 73.1 Å². The fourth-order valence-corrected chi connectivity index (χ4v) is 1.41. The Hall–Kier alpha value is -0.610. The fraction of sp³-hybridized carbons (Fsp3) is 0.875. The molecule has 0 aromatic heterocycles. The first-order valence-electron chi connectivity index (χ1n) is 4.48. The molecule has 0 aliphatic carbocycles. The lowest BCUT2D eigenvalue weighted by Gasteiger charge is -2.15. The summed E-state index contributed by atoms with van der Waals surface area (Å²) in [6, 6.07) is 0.0547. The number of likely N-dealkylation sites (N-methyl/N-ethyl adjacent to an activating group) is 1. The lowest BCUT2D eigenvalue weighted by Crippen LogP contribution is -2.34. The van der Waals surface area contributed by atoms with Crippen LogP contribution in [0.5, 0.6) is 0 Å². The van der Waals surface area contributed by atoms with Gasteiger partial charge in [0.25, 0.3) is 0 Å². The third kappa shape index (κ3) is 2.46. The van der Waals surface area contributed by atoms with Crippen LogP contribution in [0.3, 0.4) is 0 Å². The molecular weight excluding hydrogens is 154 g/mol. The molecule has 1 atom stereocenters. The second-order valence-corrected chi connectivity index (χ2v) is 3.16. The summed E-state index contributed by atoms with van der Waals surface area (Å²) in [7, 11) is 0. The molecule has 1 amide bonds. The van der Waals surface area contributed by atoms with E-state index in [1.165, 1.54) is 0 Å². The predicted octanol–water partition coefficient (Wildman–Crippen LogP) is -0.844. The predicted molar refractivity (Wildman–Crippen MR) is 47.7 cm³/mol. The van der Waals surface area contributed by atoms with Crippen molar-refractivity contribution in [3.8, 4) is 0 Å². The zero-order chi connectivity index (χ0) is 8.97. The van der Waals surface area contributed by atoms with E-state index in [4.69, 9.17) is 5.73 Å². The van der Waals surface area contributed by atoms with Gasteiger partial charge in [0.1, 0.15) is 0 Å². The Morgan fingerprint density at radius 2 is 2.50 bits per heavy atom. The number of nitrogens with zero attached hydrogens (tertiary/aromatic N) is 1. The number of nitrogens with two attached hydrogens (primary N) is 1. The summed E-state index contributed by atoms with van der Waals surface area (Å²) in [5, 5.41) is 3.18. The molecule has 4 nitrogen and oxygen atoms in total. The van der Waals surface area contributed by atoms with Crippen LogP contribution in [-0.4, -0.2) is 43.0 Å². The van der Waals surface area contributed by atoms with Crippen LogP contribution < -0.4 is 11.1 Å². The average Bonchev–Trinajstić information content (AvgIpc) is 2.31. The Morgan fingerprint density at radius 1 is 1.75 bits per heavy atom. The van der Waals surface area contributed by atoms with Crippen molar-refractivity contribution in [2.75, 3.05) is 26.2 Å². The van der Waals surface area contributed by atoms with E-state index < -0.39 is 0 Å². The molecule has 1 unspecified atom stereocenters. The van der Waals surface area contributed by atoms with E-state index in [1.807, 2.05) is 4.90 Å². The molecule has 1 fully saturated rings. The molecule has 3 N–H and O–H groups in total. The molecule has 1 rings (SSSR count). The molecule has 1 aliphatic rings. The van der Waals surface area contributed by atoms with E-state index in [1.54, 1.807) is 0 Å². The van der Waals surface area contributed by atoms with Gasteiger partial charge in [-0.05, 0) is 6.54 Å². The molecule has 0 aromatic rings. The smallest absolute Gasteiger partial charge is 0.224 e. The topological polar surface area (TPSA) is 58.4 Å². The molecule has 12 heavy (non-hydrogen) atoms. The van der Waals surface area contributed by atoms with Crippen LogP contribution in [0.2, 0.25) is 0 Å². The van der Waals surface area contributed by atoms with Gasteiger partial charge in [0.2, 0.25) is 5.91 Å². The summed E-state index contributed by atoms with van der Waals surface area (Å²) in [6.07, 6.45) is 0.520. The number of amides is 1. The number of likely N-dealkylation sites (tertiary alicyclic amines) is 1. The number of nitrogens with one attached hydrogen (secondary N) is 1. The second-order valence-electron chi connectivity index (χ2n) is 3.16. The molecule has 4 heteroatoms. The minimum absolute atomic E-state index is 0.0547. The van der Waals surface area contributed by atoms with Gasteiger partial charge in [-0.1, -0.05) is 6.92 Å². The van der Waals surface area contributed by atoms with Gasteiger partial charge in [0.15, 0.2) is 0 Å². The monoisotopic (exact) mass is 171 g/mol. The molecular formula is C8H17N3O. The highest BCUT2D eigenvalue weighted by atomic mass is 16.2. The lowest BCUT2D eigenvalue weighted by molar-refractivity contribution is -0.127. The van der Waals surface area contributed by atoms with Crippen LogP contribution in [0.15, 0.2) is 0 Å². The summed E-state index contributed by atoms with van der Waals surface area (Å²) in [5.74, 6) is 0.195. The first-order chi connectivity index (χ1) is 5.74. The van der Waals surface area contributed by atoms with Crippen molar-refractivity contribution in [2.45, 2.75) is 19.4 Å². The van der Waals surface area contributed by atoms with Gasteiger partial charge in [0.05, 0.1) is 0 Å². The molecule has 0 saturated carbocycles. The Kier molecular flexibility index (Phi) is 3.49. The van der Waals surface area contributed by atoms with Crippen molar-refractivity contribution in [2.24, 2.45) is 5.73 Å². The van der Waals surface area contributed by atoms with Crippen LogP contribution in [0.25, 0.3) is 0 Å². The van der Waals surface area contributed by atoms with Gasteiger partial charge < -0.3 is 16.0 Å². The third-order valence-corrected chi connectivity index (χ3v) is 2.05. The van der Waals surface area contributed by atoms with Gasteiger partial charge in [-0.2, -0.15) is 0 Å². The standard InChI is InChI=1S/C8H17N3O/c1-2-10-3-4-11-6-7(9)5-8(11)12/h7,10H,2-6,9H2,1H3. The maximum Gasteiger partial charge on any atom is 0.224 e. The quantitative estimate of drug-likeness (QED) is 0.542. The average molecular weight is 171 g/mol. The molecule has 1 saturated heterocycles. The highest BCUT2D eigenvalue weighted by Crippen LogP contribution is 2.07. The van der Waals surface area contributed by atoms with E-state index in [-0.39, 0.29) is 11.9 Å². The molecule has 1 heterocycles. The summed E-state index contributed by atoms with van der Waals surface area (Å²) in [6.45, 7) is 5.39. The maximum absolute atomic E-state index is 11.2. The number of hydrogen-bond donors (Lipinski definition) is 2. The van der Waals surface area contributed by atoms with Crippen molar-refractivity contribution in [3.63, 3.8) is 0 Å². The van der Waals surface area contributed by atoms with E-state index in [2.05, 4.69) is 12.2 Å². The van der Waals surface area contributed by atoms with Crippen molar-refractivity contribution in [3.05, 3.63) is 0 Å². The zero-order valence-corrected chi connectivity index (χ0v) is 7.55. The van der Waals surface area contributed by atoms with Gasteiger partial charge in [-0.25, -0.2) is 0 Å². The van der Waals surface area contributed by atoms with Crippen LogP contribution >= 0.6 is 0 Å². The number of hydrogen-bond acceptors (Lipinski definition) is 3. The second kappa shape index (κ2) is 4.42. The summed E-state index contributed by atoms with van der Waals surface area (Å²) in [4.78, 5) is 13.0. The van der Waals surface area contributed by atoms with E-state index in [9.17, 15) is 4.79 Å². The summed E-state index contributed by atoms with van der Waals surface area (Å²) >= 11 is 0. The van der Waals surface area contributed by atoms with Crippen LogP contribution in [0.4, 0.5) is 0 Å². The SMILES string of the molecule is CCNCCN1CC(N)CC1=O. The molecule has 0 radical (unpaired) electrons. The minimum atomic E-state index is 0.0547. The Morgan fingerprint density at radius 3 is 3.00 bits per heavy atom. The summed E-state index contributed by atoms with van der Waals surface area (Å²) < 4.78 is 0.